The molecule has 11 nitrogen and oxygen atoms in total. The molecule has 0 unspecified atom stereocenters. The van der Waals surface area contributed by atoms with E-state index in [1.165, 1.54) is 21.1 Å². The molecule has 186 valence electrons. The highest BCUT2D eigenvalue weighted by atomic mass is 32.2. The summed E-state index contributed by atoms with van der Waals surface area (Å²) in [5.41, 5.74) is -0.147. The molecule has 0 aliphatic carbocycles. The van der Waals surface area contributed by atoms with Gasteiger partial charge in [0.25, 0.3) is 5.69 Å². The van der Waals surface area contributed by atoms with Gasteiger partial charge >= 0.3 is 5.69 Å². The summed E-state index contributed by atoms with van der Waals surface area (Å²) < 4.78 is 30.9. The Morgan fingerprint density at radius 3 is 2.62 bits per heavy atom. The molecule has 1 aromatic heterocycles. The Labute approximate surface area is 199 Å². The Balaban J connectivity index is 1.43. The van der Waals surface area contributed by atoms with Gasteiger partial charge in [0.2, 0.25) is 10.0 Å². The third-order valence-electron chi connectivity index (χ3n) is 6.53. The maximum atomic E-state index is 13.1. The summed E-state index contributed by atoms with van der Waals surface area (Å²) in [5, 5.41) is 19.1. The Hall–Kier alpha value is -2.73. The molecular weight excluding hydrogens is 460 g/mol. The Bertz CT molecular complexity index is 1210. The van der Waals surface area contributed by atoms with Gasteiger partial charge in [-0.25, -0.2) is 17.9 Å². The maximum absolute atomic E-state index is 13.1. The molecular formula is C22H32N6O5S. The minimum absolute atomic E-state index is 0.0683. The SMILES string of the molecule is C[C@@H]1C[C@@H](C)CN(S(=O)(=O)c2ccc(NCCCn3nc4n(c3=O)CCCC4)c([N+](=O)[O-])c2)C1. The molecule has 4 rings (SSSR count). The summed E-state index contributed by atoms with van der Waals surface area (Å²) in [4.78, 5) is 23.5. The first-order valence-corrected chi connectivity index (χ1v) is 13.3. The van der Waals surface area contributed by atoms with Crippen molar-refractivity contribution in [3.63, 3.8) is 0 Å². The van der Waals surface area contributed by atoms with Gasteiger partial charge in [-0.2, -0.15) is 9.40 Å². The normalized spacial score (nSPS) is 21.2. The Kier molecular flexibility index (Phi) is 7.08. The second kappa shape index (κ2) is 9.87. The molecule has 2 aliphatic rings. The monoisotopic (exact) mass is 492 g/mol. The minimum atomic E-state index is -3.82. The number of nitrogens with one attached hydrogen (secondary N) is 1. The largest absolute Gasteiger partial charge is 0.379 e. The van der Waals surface area contributed by atoms with Gasteiger partial charge in [0.05, 0.1) is 9.82 Å². The van der Waals surface area contributed by atoms with Crippen molar-refractivity contribution in [2.45, 2.75) is 63.9 Å². The summed E-state index contributed by atoms with van der Waals surface area (Å²) in [6.45, 7) is 6.33. The predicted octanol–water partition coefficient (Wildman–Crippen LogP) is 2.46. The molecule has 0 spiro atoms. The molecule has 0 amide bonds. The fourth-order valence-corrected chi connectivity index (χ4v) is 6.67. The number of sulfonamides is 1. The van der Waals surface area contributed by atoms with E-state index in [0.717, 1.165) is 37.6 Å². The molecule has 12 heteroatoms. The van der Waals surface area contributed by atoms with Crippen molar-refractivity contribution < 1.29 is 13.3 Å². The van der Waals surface area contributed by atoms with Crippen LogP contribution in [0.2, 0.25) is 0 Å². The number of hydrogen-bond donors (Lipinski definition) is 1. The van der Waals surface area contributed by atoms with Crippen LogP contribution in [0.5, 0.6) is 0 Å². The summed E-state index contributed by atoms with van der Waals surface area (Å²) in [6.07, 6.45) is 4.31. The molecule has 2 atom stereocenters. The minimum Gasteiger partial charge on any atom is -0.379 e. The van der Waals surface area contributed by atoms with Crippen LogP contribution in [0.25, 0.3) is 0 Å². The molecule has 2 aliphatic heterocycles. The van der Waals surface area contributed by atoms with E-state index in [2.05, 4.69) is 10.4 Å². The van der Waals surface area contributed by atoms with Gasteiger partial charge in [0.1, 0.15) is 11.5 Å². The highest BCUT2D eigenvalue weighted by Gasteiger charge is 2.33. The summed E-state index contributed by atoms with van der Waals surface area (Å²) in [6, 6.07) is 4.00. The maximum Gasteiger partial charge on any atom is 0.345 e. The number of aryl methyl sites for hydroxylation is 2. The Morgan fingerprint density at radius 1 is 1.21 bits per heavy atom. The number of nitrogens with zero attached hydrogens (tertiary/aromatic N) is 5. The molecule has 34 heavy (non-hydrogen) atoms. The average Bonchev–Trinajstić information content (AvgIpc) is 3.11. The number of piperidine rings is 1. The van der Waals surface area contributed by atoms with Crippen molar-refractivity contribution in [2.75, 3.05) is 25.0 Å². The first-order chi connectivity index (χ1) is 16.2. The topological polar surface area (TPSA) is 132 Å². The second-order valence-electron chi connectivity index (χ2n) is 9.52. The highest BCUT2D eigenvalue weighted by molar-refractivity contribution is 7.89. The fraction of sp³-hybridized carbons (Fsp3) is 0.636. The van der Waals surface area contributed by atoms with Gasteiger partial charge in [-0.05, 0) is 49.7 Å². The molecule has 0 saturated carbocycles. The van der Waals surface area contributed by atoms with Crippen LogP contribution in [0.15, 0.2) is 27.9 Å². The zero-order chi connectivity index (χ0) is 24.5. The first kappa shape index (κ1) is 24.4. The van der Waals surface area contributed by atoms with E-state index in [1.54, 1.807) is 4.57 Å². The van der Waals surface area contributed by atoms with Gasteiger partial charge in [-0.3, -0.25) is 14.7 Å². The average molecular weight is 493 g/mol. The lowest BCUT2D eigenvalue weighted by Crippen LogP contribution is -2.42. The van der Waals surface area contributed by atoms with E-state index >= 15 is 0 Å². The van der Waals surface area contributed by atoms with Gasteiger partial charge < -0.3 is 5.32 Å². The lowest BCUT2D eigenvalue weighted by Gasteiger charge is -2.34. The molecule has 3 heterocycles. The van der Waals surface area contributed by atoms with Gasteiger partial charge in [0, 0.05) is 45.2 Å². The molecule has 1 N–H and O–H groups in total. The van der Waals surface area contributed by atoms with Crippen LogP contribution in [0.4, 0.5) is 11.4 Å². The van der Waals surface area contributed by atoms with E-state index in [0.29, 0.717) is 39.1 Å². The van der Waals surface area contributed by atoms with Gasteiger partial charge in [-0.1, -0.05) is 13.8 Å². The number of nitro groups is 1. The quantitative estimate of drug-likeness (QED) is 0.340. The highest BCUT2D eigenvalue weighted by Crippen LogP contribution is 2.31. The van der Waals surface area contributed by atoms with Crippen LogP contribution in [0, 0.1) is 22.0 Å². The van der Waals surface area contributed by atoms with Crippen LogP contribution < -0.4 is 11.0 Å². The van der Waals surface area contributed by atoms with Gasteiger partial charge in [-0.15, -0.1) is 0 Å². The summed E-state index contributed by atoms with van der Waals surface area (Å²) in [7, 11) is -3.82. The van der Waals surface area contributed by atoms with E-state index in [-0.39, 0.29) is 33.8 Å². The lowest BCUT2D eigenvalue weighted by molar-refractivity contribution is -0.384. The van der Waals surface area contributed by atoms with Crippen LogP contribution in [-0.2, 0) is 29.5 Å². The Morgan fingerprint density at radius 2 is 1.94 bits per heavy atom. The smallest absolute Gasteiger partial charge is 0.345 e. The van der Waals surface area contributed by atoms with E-state index in [4.69, 9.17) is 0 Å². The molecule has 0 bridgehead atoms. The predicted molar refractivity (Wildman–Crippen MR) is 127 cm³/mol. The van der Waals surface area contributed by atoms with Crippen molar-refractivity contribution in [2.24, 2.45) is 11.8 Å². The lowest BCUT2D eigenvalue weighted by atomic mass is 9.94. The molecule has 1 aromatic carbocycles. The third-order valence-corrected chi connectivity index (χ3v) is 8.36. The number of anilines is 1. The van der Waals surface area contributed by atoms with Crippen molar-refractivity contribution >= 4 is 21.4 Å². The van der Waals surface area contributed by atoms with Crippen LogP contribution >= 0.6 is 0 Å². The van der Waals surface area contributed by atoms with Crippen LogP contribution in [0.1, 0.15) is 45.4 Å². The summed E-state index contributed by atoms with van der Waals surface area (Å²) >= 11 is 0. The molecule has 0 radical (unpaired) electrons. The number of aromatic nitrogens is 3. The third kappa shape index (κ3) is 5.02. The van der Waals surface area contributed by atoms with Crippen molar-refractivity contribution in [1.29, 1.82) is 0 Å². The standard InChI is InChI=1S/C22H32N6O5S/c1-16-12-17(2)15-25(14-16)34(32,33)18-7-8-19(20(13-18)28(30)31)23-9-5-11-27-22(29)26-10-4-3-6-21(26)24-27/h7-8,13,16-17,23H,3-6,9-12,14-15H2,1-2H3/t16-,17-/m1/s1. The second-order valence-corrected chi connectivity index (χ2v) is 11.5. The number of hydrogen-bond acceptors (Lipinski definition) is 7. The summed E-state index contributed by atoms with van der Waals surface area (Å²) in [5.74, 6) is 1.29. The van der Waals surface area contributed by atoms with Crippen molar-refractivity contribution in [3.05, 3.63) is 44.6 Å². The number of nitro benzene ring substituents is 1. The molecule has 1 fully saturated rings. The number of benzene rings is 1. The van der Waals surface area contributed by atoms with Crippen molar-refractivity contribution in [1.82, 2.24) is 18.7 Å². The van der Waals surface area contributed by atoms with Crippen molar-refractivity contribution in [3.8, 4) is 0 Å². The zero-order valence-corrected chi connectivity index (χ0v) is 20.5. The van der Waals surface area contributed by atoms with E-state index in [9.17, 15) is 23.3 Å². The van der Waals surface area contributed by atoms with Gasteiger partial charge in [0.15, 0.2) is 0 Å². The molecule has 2 aromatic rings. The van der Waals surface area contributed by atoms with Crippen LogP contribution in [0.3, 0.4) is 0 Å². The van der Waals surface area contributed by atoms with E-state index < -0.39 is 14.9 Å². The molecule has 1 saturated heterocycles. The fourth-order valence-electron chi connectivity index (χ4n) is 4.97. The number of rotatable bonds is 8. The first-order valence-electron chi connectivity index (χ1n) is 11.9. The zero-order valence-electron chi connectivity index (χ0n) is 19.6. The van der Waals surface area contributed by atoms with Crippen LogP contribution in [-0.4, -0.2) is 51.6 Å². The van der Waals surface area contributed by atoms with E-state index in [1.807, 2.05) is 13.8 Å². The number of fused-ring (bicyclic) bond motifs is 1.